The third kappa shape index (κ3) is 6.19. The fraction of sp³-hybridized carbons (Fsp3) is 0.300. The number of nitrogens with zero attached hydrogens (tertiary/aromatic N) is 1. The van der Waals surface area contributed by atoms with Crippen molar-refractivity contribution in [3.63, 3.8) is 0 Å². The van der Waals surface area contributed by atoms with Crippen LogP contribution in [0, 0.1) is 5.92 Å². The Morgan fingerprint density at radius 2 is 1.67 bits per heavy atom. The predicted octanol–water partition coefficient (Wildman–Crippen LogP) is 2.17. The van der Waals surface area contributed by atoms with Crippen molar-refractivity contribution in [3.8, 4) is 0 Å². The smallest absolute Gasteiger partial charge is 0.269 e. The van der Waals surface area contributed by atoms with E-state index in [2.05, 4.69) is 15.6 Å². The summed E-state index contributed by atoms with van der Waals surface area (Å²) in [7, 11) is -0.301. The summed E-state index contributed by atoms with van der Waals surface area (Å²) in [6.45, 7) is 3.38. The Morgan fingerprint density at radius 1 is 1.00 bits per heavy atom. The molecular formula is C20H25ClN4O4S. The van der Waals surface area contributed by atoms with Gasteiger partial charge in [0.2, 0.25) is 10.0 Å². The standard InChI is InChI=1S/C20H25ClN4O4S/c1-13(2)18(24-30(28,29)17-10-6-8-15(21)12-17)20(27)23-22-19(26)14-7-5-9-16(11-14)25(3)4/h5-13,18,24H,1-4H3,(H,22,26)(H,23,27)/t18-/m0/s1. The van der Waals surface area contributed by atoms with Crippen molar-refractivity contribution in [1.82, 2.24) is 15.6 Å². The van der Waals surface area contributed by atoms with Crippen molar-refractivity contribution in [1.29, 1.82) is 0 Å². The van der Waals surface area contributed by atoms with E-state index in [0.717, 1.165) is 5.69 Å². The van der Waals surface area contributed by atoms with Gasteiger partial charge >= 0.3 is 0 Å². The summed E-state index contributed by atoms with van der Waals surface area (Å²) in [6, 6.07) is 11.5. The predicted molar refractivity (Wildman–Crippen MR) is 117 cm³/mol. The van der Waals surface area contributed by atoms with Gasteiger partial charge in [0.15, 0.2) is 0 Å². The lowest BCUT2D eigenvalue weighted by atomic mass is 10.1. The molecule has 0 aliphatic rings. The minimum absolute atomic E-state index is 0.0574. The largest absolute Gasteiger partial charge is 0.378 e. The van der Waals surface area contributed by atoms with Gasteiger partial charge in [-0.25, -0.2) is 8.42 Å². The van der Waals surface area contributed by atoms with Crippen LogP contribution >= 0.6 is 11.6 Å². The normalized spacial score (nSPS) is 12.3. The van der Waals surface area contributed by atoms with Crippen molar-refractivity contribution >= 4 is 39.1 Å². The number of rotatable bonds is 7. The SMILES string of the molecule is CC(C)[C@H](NS(=O)(=O)c1cccc(Cl)c1)C(=O)NNC(=O)c1cccc(N(C)C)c1. The molecule has 2 aromatic carbocycles. The zero-order valence-electron chi connectivity index (χ0n) is 17.1. The first-order chi connectivity index (χ1) is 14.0. The Hall–Kier alpha value is -2.62. The van der Waals surface area contributed by atoms with Crippen LogP contribution in [0.3, 0.4) is 0 Å². The van der Waals surface area contributed by atoms with E-state index < -0.39 is 27.9 Å². The van der Waals surface area contributed by atoms with Crippen LogP contribution in [0.2, 0.25) is 5.02 Å². The van der Waals surface area contributed by atoms with Crippen LogP contribution in [-0.2, 0) is 14.8 Å². The Balaban J connectivity index is 2.09. The highest BCUT2D eigenvalue weighted by Gasteiger charge is 2.29. The first-order valence-corrected chi connectivity index (χ1v) is 11.0. The quantitative estimate of drug-likeness (QED) is 0.558. The van der Waals surface area contributed by atoms with Gasteiger partial charge in [0.05, 0.1) is 4.90 Å². The lowest BCUT2D eigenvalue weighted by Crippen LogP contribution is -2.54. The van der Waals surface area contributed by atoms with Gasteiger partial charge in [0.1, 0.15) is 6.04 Å². The van der Waals surface area contributed by atoms with Gasteiger partial charge in [0, 0.05) is 30.4 Å². The highest BCUT2D eigenvalue weighted by Crippen LogP contribution is 2.17. The highest BCUT2D eigenvalue weighted by atomic mass is 35.5. The van der Waals surface area contributed by atoms with Gasteiger partial charge < -0.3 is 4.90 Å². The number of anilines is 1. The van der Waals surface area contributed by atoms with Gasteiger partial charge in [-0.15, -0.1) is 0 Å². The molecule has 10 heteroatoms. The van der Waals surface area contributed by atoms with Gasteiger partial charge in [-0.05, 0) is 42.3 Å². The van der Waals surface area contributed by atoms with Crippen molar-refractivity contribution < 1.29 is 18.0 Å². The summed E-state index contributed by atoms with van der Waals surface area (Å²) in [5.41, 5.74) is 5.79. The molecule has 0 aliphatic carbocycles. The van der Waals surface area contributed by atoms with Crippen molar-refractivity contribution in [2.45, 2.75) is 24.8 Å². The molecule has 0 aliphatic heterocycles. The lowest BCUT2D eigenvalue weighted by molar-refractivity contribution is -0.124. The number of benzene rings is 2. The molecule has 8 nitrogen and oxygen atoms in total. The molecule has 2 amide bonds. The molecule has 0 fully saturated rings. The average Bonchev–Trinajstić information content (AvgIpc) is 2.69. The molecule has 0 radical (unpaired) electrons. The molecule has 0 aromatic heterocycles. The van der Waals surface area contributed by atoms with E-state index >= 15 is 0 Å². The van der Waals surface area contributed by atoms with E-state index in [0.29, 0.717) is 5.56 Å². The minimum Gasteiger partial charge on any atom is -0.378 e. The van der Waals surface area contributed by atoms with Gasteiger partial charge in [-0.1, -0.05) is 37.6 Å². The molecule has 0 heterocycles. The number of amides is 2. The number of hydrogen-bond acceptors (Lipinski definition) is 5. The van der Waals surface area contributed by atoms with Crippen LogP contribution < -0.4 is 20.5 Å². The molecule has 162 valence electrons. The first kappa shape index (κ1) is 23.7. The zero-order chi connectivity index (χ0) is 22.5. The summed E-state index contributed by atoms with van der Waals surface area (Å²) in [5, 5.41) is 0.260. The summed E-state index contributed by atoms with van der Waals surface area (Å²) in [5.74, 6) is -1.59. The molecule has 2 rings (SSSR count). The second kappa shape index (κ2) is 9.92. The molecule has 1 atom stereocenters. The molecule has 0 unspecified atom stereocenters. The number of carbonyl (C=O) groups excluding carboxylic acids is 2. The second-order valence-electron chi connectivity index (χ2n) is 7.19. The molecule has 0 spiro atoms. The van der Waals surface area contributed by atoms with E-state index in [-0.39, 0.29) is 15.8 Å². The number of carbonyl (C=O) groups is 2. The van der Waals surface area contributed by atoms with E-state index in [9.17, 15) is 18.0 Å². The van der Waals surface area contributed by atoms with Crippen LogP contribution in [0.25, 0.3) is 0 Å². The van der Waals surface area contributed by atoms with E-state index in [1.54, 1.807) is 38.1 Å². The van der Waals surface area contributed by atoms with Crippen LogP contribution in [0.4, 0.5) is 5.69 Å². The van der Waals surface area contributed by atoms with E-state index in [1.165, 1.54) is 18.2 Å². The summed E-state index contributed by atoms with van der Waals surface area (Å²) in [6.07, 6.45) is 0. The summed E-state index contributed by atoms with van der Waals surface area (Å²) < 4.78 is 27.6. The molecule has 2 aromatic rings. The summed E-state index contributed by atoms with van der Waals surface area (Å²) >= 11 is 5.86. The Bertz CT molecular complexity index is 1020. The summed E-state index contributed by atoms with van der Waals surface area (Å²) in [4.78, 5) is 26.7. The van der Waals surface area contributed by atoms with Crippen molar-refractivity contribution in [2.24, 2.45) is 5.92 Å². The van der Waals surface area contributed by atoms with Crippen molar-refractivity contribution in [2.75, 3.05) is 19.0 Å². The van der Waals surface area contributed by atoms with Gasteiger partial charge in [0.25, 0.3) is 11.8 Å². The van der Waals surface area contributed by atoms with E-state index in [1.807, 2.05) is 25.1 Å². The number of hydrogen-bond donors (Lipinski definition) is 3. The molecule has 0 bridgehead atoms. The monoisotopic (exact) mass is 452 g/mol. The fourth-order valence-electron chi connectivity index (χ4n) is 2.56. The number of hydrazine groups is 1. The van der Waals surface area contributed by atoms with Crippen LogP contribution in [0.15, 0.2) is 53.4 Å². The first-order valence-electron chi connectivity index (χ1n) is 9.16. The van der Waals surface area contributed by atoms with Gasteiger partial charge in [-0.2, -0.15) is 4.72 Å². The fourth-order valence-corrected chi connectivity index (χ4v) is 4.20. The molecular weight excluding hydrogens is 428 g/mol. The maximum absolute atomic E-state index is 12.6. The number of halogens is 1. The van der Waals surface area contributed by atoms with Crippen LogP contribution in [0.5, 0.6) is 0 Å². The topological polar surface area (TPSA) is 108 Å². The molecule has 3 N–H and O–H groups in total. The lowest BCUT2D eigenvalue weighted by Gasteiger charge is -2.22. The maximum Gasteiger partial charge on any atom is 0.269 e. The Labute approximate surface area is 181 Å². The Kier molecular flexibility index (Phi) is 7.83. The minimum atomic E-state index is -3.99. The molecule has 30 heavy (non-hydrogen) atoms. The zero-order valence-corrected chi connectivity index (χ0v) is 18.7. The molecule has 0 saturated heterocycles. The maximum atomic E-state index is 12.6. The molecule has 0 saturated carbocycles. The average molecular weight is 453 g/mol. The van der Waals surface area contributed by atoms with Crippen molar-refractivity contribution in [3.05, 3.63) is 59.1 Å². The second-order valence-corrected chi connectivity index (χ2v) is 9.34. The Morgan fingerprint density at radius 3 is 2.27 bits per heavy atom. The third-order valence-electron chi connectivity index (χ3n) is 4.26. The van der Waals surface area contributed by atoms with Crippen LogP contribution in [-0.4, -0.2) is 40.4 Å². The third-order valence-corrected chi connectivity index (χ3v) is 5.94. The highest BCUT2D eigenvalue weighted by molar-refractivity contribution is 7.89. The number of nitrogens with one attached hydrogen (secondary N) is 3. The van der Waals surface area contributed by atoms with Gasteiger partial charge in [-0.3, -0.25) is 20.4 Å². The van der Waals surface area contributed by atoms with E-state index in [4.69, 9.17) is 11.6 Å². The van der Waals surface area contributed by atoms with Crippen LogP contribution in [0.1, 0.15) is 24.2 Å². The number of sulfonamides is 1.